The quantitative estimate of drug-likeness (QED) is 0.164. The molecule has 4 rings (SSSR count). The third-order valence-corrected chi connectivity index (χ3v) is 8.10. The number of ether oxygens (including phenoxy) is 1. The van der Waals surface area contributed by atoms with Crippen LogP contribution in [-0.2, 0) is 23.9 Å². The van der Waals surface area contributed by atoms with E-state index in [1.807, 2.05) is 32.0 Å². The molecule has 4 aromatic rings. The monoisotopic (exact) mass is 591 g/mol. The van der Waals surface area contributed by atoms with Crippen molar-refractivity contribution in [3.63, 3.8) is 0 Å². The second-order valence-corrected chi connectivity index (χ2v) is 11.4. The summed E-state index contributed by atoms with van der Waals surface area (Å²) in [6.07, 6.45) is 3.52. The Hall–Kier alpha value is -3.73. The van der Waals surface area contributed by atoms with Crippen LogP contribution in [0.1, 0.15) is 53.9 Å². The number of rotatable bonds is 13. The van der Waals surface area contributed by atoms with Gasteiger partial charge in [-0.15, -0.1) is 0 Å². The summed E-state index contributed by atoms with van der Waals surface area (Å²) in [7, 11) is 1.64. The maximum atomic E-state index is 13.1. The molecule has 0 saturated carbocycles. The molecule has 1 unspecified atom stereocenters. The Morgan fingerprint density at radius 1 is 1.07 bits per heavy atom. The number of unbranched alkanes of at least 4 members (excludes halogenated alkanes) is 1. The molecule has 2 aromatic carbocycles. The van der Waals surface area contributed by atoms with Gasteiger partial charge in [0.05, 0.1) is 0 Å². The number of carbonyl (C=O) groups excluding carboxylic acids is 1. The number of aryl methyl sites for hydroxylation is 3. The zero-order valence-corrected chi connectivity index (χ0v) is 25.7. The fraction of sp³-hybridized carbons (Fsp3) is 0.375. The molecule has 0 spiro atoms. The molecule has 2 heterocycles. The molecule has 0 aliphatic heterocycles. The first-order valence-electron chi connectivity index (χ1n) is 14.3. The Kier molecular flexibility index (Phi) is 10.4. The summed E-state index contributed by atoms with van der Waals surface area (Å²) < 4.78 is 31.0. The SMILES string of the molecule is CCN(CC)CCCCNC(=O)c1cc2c(-c3cc(CS(=O)[O-])ccc3Oc3c(C)cccc3C)cn(C)c(=O)c2[nH]1. The zero-order valence-electron chi connectivity index (χ0n) is 24.9. The predicted molar refractivity (Wildman–Crippen MR) is 167 cm³/mol. The fourth-order valence-electron chi connectivity index (χ4n) is 5.14. The van der Waals surface area contributed by atoms with Crippen LogP contribution in [0.3, 0.4) is 0 Å². The number of H-pyrrole nitrogens is 1. The molecule has 0 bridgehead atoms. The lowest BCUT2D eigenvalue weighted by Gasteiger charge is -2.17. The highest BCUT2D eigenvalue weighted by Gasteiger charge is 2.20. The average molecular weight is 592 g/mol. The maximum absolute atomic E-state index is 13.1. The smallest absolute Gasteiger partial charge is 0.274 e. The van der Waals surface area contributed by atoms with Crippen LogP contribution in [0.5, 0.6) is 11.5 Å². The molecular formula is C32H39N4O5S-. The summed E-state index contributed by atoms with van der Waals surface area (Å²) >= 11 is -2.29. The largest absolute Gasteiger partial charge is 0.772 e. The van der Waals surface area contributed by atoms with Crippen LogP contribution >= 0.6 is 0 Å². The van der Waals surface area contributed by atoms with E-state index in [0.29, 0.717) is 40.1 Å². The number of amides is 1. The van der Waals surface area contributed by atoms with Gasteiger partial charge in [-0.25, -0.2) is 0 Å². The first-order valence-corrected chi connectivity index (χ1v) is 15.5. The van der Waals surface area contributed by atoms with Crippen molar-refractivity contribution in [2.45, 2.75) is 46.3 Å². The van der Waals surface area contributed by atoms with Crippen LogP contribution < -0.4 is 15.6 Å². The van der Waals surface area contributed by atoms with Gasteiger partial charge in [-0.05, 0) is 81.2 Å². The fourth-order valence-corrected chi connectivity index (χ4v) is 5.59. The summed E-state index contributed by atoms with van der Waals surface area (Å²) in [6.45, 7) is 11.7. The highest BCUT2D eigenvalue weighted by atomic mass is 32.2. The summed E-state index contributed by atoms with van der Waals surface area (Å²) in [6, 6.07) is 12.8. The van der Waals surface area contributed by atoms with E-state index >= 15 is 0 Å². The first kappa shape index (κ1) is 31.2. The molecule has 224 valence electrons. The van der Waals surface area contributed by atoms with Gasteiger partial charge in [0.15, 0.2) is 0 Å². The van der Waals surface area contributed by atoms with Gasteiger partial charge in [0.25, 0.3) is 11.5 Å². The molecule has 0 radical (unpaired) electrons. The molecule has 10 heteroatoms. The van der Waals surface area contributed by atoms with Gasteiger partial charge < -0.3 is 29.1 Å². The van der Waals surface area contributed by atoms with E-state index in [1.165, 1.54) is 4.57 Å². The standard InChI is InChI=1S/C32H40N4O5S/c1-6-36(7-2)16-9-8-15-33-31(37)27-18-25-26(19-35(5)32(38)29(25)34-27)24-17-23(20-42(39)40)13-14-28(24)41-30-21(3)11-10-12-22(30)4/h10-14,17-19,34H,6-9,15-16,20H2,1-5H3,(H,33,37)(H,39,40)/p-1. The summed E-state index contributed by atoms with van der Waals surface area (Å²) in [5.41, 5.74) is 4.03. The normalized spacial score (nSPS) is 12.2. The Labute approximate surface area is 249 Å². The number of para-hydroxylation sites is 1. The average Bonchev–Trinajstić information content (AvgIpc) is 3.41. The van der Waals surface area contributed by atoms with Gasteiger partial charge in [-0.3, -0.25) is 13.8 Å². The summed E-state index contributed by atoms with van der Waals surface area (Å²) in [5.74, 6) is 0.758. The first-order chi connectivity index (χ1) is 20.1. The molecule has 2 aromatic heterocycles. The lowest BCUT2D eigenvalue weighted by atomic mass is 10.00. The van der Waals surface area contributed by atoms with E-state index in [9.17, 15) is 18.4 Å². The van der Waals surface area contributed by atoms with Crippen molar-refractivity contribution in [3.8, 4) is 22.6 Å². The number of hydrogen-bond acceptors (Lipinski definition) is 6. The van der Waals surface area contributed by atoms with Gasteiger partial charge in [0.1, 0.15) is 22.7 Å². The number of aromatic amines is 1. The van der Waals surface area contributed by atoms with Crippen molar-refractivity contribution < 1.29 is 18.3 Å². The Balaban J connectivity index is 1.72. The maximum Gasteiger partial charge on any atom is 0.274 e. The molecule has 9 nitrogen and oxygen atoms in total. The molecule has 42 heavy (non-hydrogen) atoms. The van der Waals surface area contributed by atoms with E-state index in [0.717, 1.165) is 43.6 Å². The number of fused-ring (bicyclic) bond motifs is 1. The van der Waals surface area contributed by atoms with Gasteiger partial charge in [-0.2, -0.15) is 0 Å². The molecule has 0 saturated heterocycles. The van der Waals surface area contributed by atoms with Crippen molar-refractivity contribution in [2.75, 3.05) is 26.2 Å². The third-order valence-electron chi connectivity index (χ3n) is 7.53. The van der Waals surface area contributed by atoms with Crippen molar-refractivity contribution in [1.82, 2.24) is 19.8 Å². The minimum absolute atomic E-state index is 0.166. The number of hydrogen-bond donors (Lipinski definition) is 2. The Morgan fingerprint density at radius 3 is 2.45 bits per heavy atom. The van der Waals surface area contributed by atoms with Gasteiger partial charge in [0.2, 0.25) is 0 Å². The summed E-state index contributed by atoms with van der Waals surface area (Å²) in [4.78, 5) is 31.6. The predicted octanol–water partition coefficient (Wildman–Crippen LogP) is 5.17. The summed E-state index contributed by atoms with van der Waals surface area (Å²) in [5, 5.41) is 3.51. The van der Waals surface area contributed by atoms with Crippen LogP contribution in [0.4, 0.5) is 0 Å². The molecule has 2 N–H and O–H groups in total. The van der Waals surface area contributed by atoms with Crippen LogP contribution in [0.2, 0.25) is 0 Å². The molecule has 0 aliphatic carbocycles. The minimum Gasteiger partial charge on any atom is -0.772 e. The molecule has 0 fully saturated rings. The number of benzene rings is 2. The van der Waals surface area contributed by atoms with Crippen LogP contribution in [0, 0.1) is 13.8 Å². The van der Waals surface area contributed by atoms with Crippen LogP contribution in [0.15, 0.2) is 53.5 Å². The van der Waals surface area contributed by atoms with Gasteiger partial charge >= 0.3 is 0 Å². The number of aromatic nitrogens is 2. The third kappa shape index (κ3) is 7.18. The number of pyridine rings is 1. The number of nitrogens with one attached hydrogen (secondary N) is 2. The minimum atomic E-state index is -2.29. The molecule has 1 amide bonds. The Morgan fingerprint density at radius 2 is 1.79 bits per heavy atom. The van der Waals surface area contributed by atoms with Crippen molar-refractivity contribution in [2.24, 2.45) is 7.05 Å². The van der Waals surface area contributed by atoms with E-state index in [1.54, 1.807) is 37.5 Å². The molecular weight excluding hydrogens is 552 g/mol. The second-order valence-electron chi connectivity index (χ2n) is 10.5. The van der Waals surface area contributed by atoms with E-state index in [2.05, 4.69) is 29.0 Å². The lowest BCUT2D eigenvalue weighted by molar-refractivity contribution is 0.0948. The zero-order chi connectivity index (χ0) is 30.4. The van der Waals surface area contributed by atoms with Crippen LogP contribution in [-0.4, -0.2) is 55.3 Å². The molecule has 0 aliphatic rings. The number of carbonyl (C=O) groups is 1. The highest BCUT2D eigenvalue weighted by molar-refractivity contribution is 7.78. The van der Waals surface area contributed by atoms with E-state index < -0.39 is 11.1 Å². The number of nitrogens with zero attached hydrogens (tertiary/aromatic N) is 2. The topological polar surface area (TPSA) is 119 Å². The van der Waals surface area contributed by atoms with Crippen LogP contribution in [0.25, 0.3) is 22.0 Å². The van der Waals surface area contributed by atoms with Gasteiger partial charge in [-0.1, -0.05) is 49.2 Å². The second kappa shape index (κ2) is 14.0. The van der Waals surface area contributed by atoms with E-state index in [4.69, 9.17) is 4.74 Å². The molecule has 1 atom stereocenters. The van der Waals surface area contributed by atoms with Crippen molar-refractivity contribution >= 4 is 27.9 Å². The van der Waals surface area contributed by atoms with Crippen molar-refractivity contribution in [1.29, 1.82) is 0 Å². The lowest BCUT2D eigenvalue weighted by Crippen LogP contribution is -2.27. The van der Waals surface area contributed by atoms with Crippen molar-refractivity contribution in [3.05, 3.63) is 81.4 Å². The van der Waals surface area contributed by atoms with Gasteiger partial charge in [0, 0.05) is 42.1 Å². The Bertz CT molecular complexity index is 1630. The highest BCUT2D eigenvalue weighted by Crippen LogP contribution is 2.39. The van der Waals surface area contributed by atoms with E-state index in [-0.39, 0.29) is 28.4 Å².